The third-order valence-electron chi connectivity index (χ3n) is 6.03. The number of H-pyrrole nitrogens is 1. The number of rotatable bonds is 2. The molecule has 4 rings (SSSR count). The fraction of sp³-hybridized carbons (Fsp3) is 0.360. The number of alkyl halides is 3. The second-order valence-electron chi connectivity index (χ2n) is 10.2. The van der Waals surface area contributed by atoms with Crippen molar-refractivity contribution in [2.24, 2.45) is 4.99 Å². The fourth-order valence-corrected chi connectivity index (χ4v) is 4.32. The summed E-state index contributed by atoms with van der Waals surface area (Å²) in [6.07, 6.45) is -6.51. The van der Waals surface area contributed by atoms with Crippen LogP contribution in [0.5, 0.6) is 0 Å². The molecule has 0 radical (unpaired) electrons. The molecule has 0 aliphatic carbocycles. The third kappa shape index (κ3) is 5.10. The van der Waals surface area contributed by atoms with Gasteiger partial charge in [-0.05, 0) is 45.9 Å². The van der Waals surface area contributed by atoms with Crippen molar-refractivity contribution in [1.82, 2.24) is 19.8 Å². The van der Waals surface area contributed by atoms with Gasteiger partial charge in [-0.3, -0.25) is 19.6 Å². The minimum Gasteiger partial charge on any atom is -0.444 e. The number of aliphatic imine (C=N–C) groups is 1. The molecule has 1 aliphatic heterocycles. The first-order valence-corrected chi connectivity index (χ1v) is 11.6. The lowest BCUT2D eigenvalue weighted by molar-refractivity contribution is -0.138. The van der Waals surface area contributed by atoms with Gasteiger partial charge in [-0.1, -0.05) is 12.1 Å². The third-order valence-corrected chi connectivity index (χ3v) is 6.03. The van der Waals surface area contributed by atoms with Crippen LogP contribution < -0.4 is 11.0 Å². The molecule has 39 heavy (non-hydrogen) atoms. The zero-order valence-electron chi connectivity index (χ0n) is 21.5. The molecule has 1 aliphatic rings. The fourth-order valence-electron chi connectivity index (χ4n) is 4.32. The maximum Gasteiger partial charge on any atom is 0.421 e. The highest BCUT2D eigenvalue weighted by molar-refractivity contribution is 6.05. The Hall–Kier alpha value is -4.23. The van der Waals surface area contributed by atoms with Gasteiger partial charge in [-0.15, -0.1) is 0 Å². The molecule has 208 valence electrons. The van der Waals surface area contributed by atoms with Crippen LogP contribution in [0.25, 0.3) is 16.7 Å². The van der Waals surface area contributed by atoms with Crippen molar-refractivity contribution in [2.75, 3.05) is 7.05 Å². The van der Waals surface area contributed by atoms with E-state index in [0.717, 1.165) is 17.0 Å². The van der Waals surface area contributed by atoms with Gasteiger partial charge < -0.3 is 9.72 Å². The molecule has 9 nitrogen and oxygen atoms in total. The molecule has 2 heterocycles. The number of aromatic amines is 1. The number of carbonyl (C=O) groups is 2. The van der Waals surface area contributed by atoms with Gasteiger partial charge in [0, 0.05) is 12.6 Å². The van der Waals surface area contributed by atoms with Gasteiger partial charge in [-0.2, -0.15) is 13.2 Å². The summed E-state index contributed by atoms with van der Waals surface area (Å²) in [5, 5.41) is 2.35. The van der Waals surface area contributed by atoms with Crippen LogP contribution in [0.3, 0.4) is 0 Å². The molecule has 0 saturated heterocycles. The number of halogens is 5. The van der Waals surface area contributed by atoms with Crippen molar-refractivity contribution in [3.63, 3.8) is 0 Å². The molecule has 2 amide bonds. The zero-order valence-corrected chi connectivity index (χ0v) is 21.5. The molecule has 0 saturated carbocycles. The van der Waals surface area contributed by atoms with Crippen molar-refractivity contribution in [3.8, 4) is 5.69 Å². The van der Waals surface area contributed by atoms with Gasteiger partial charge >= 0.3 is 18.0 Å². The van der Waals surface area contributed by atoms with Gasteiger partial charge in [0.1, 0.15) is 17.0 Å². The summed E-state index contributed by atoms with van der Waals surface area (Å²) >= 11 is 0. The van der Waals surface area contributed by atoms with E-state index in [2.05, 4.69) is 15.3 Å². The number of fused-ring (bicyclic) bond motifs is 1. The van der Waals surface area contributed by atoms with Gasteiger partial charge in [-0.25, -0.2) is 23.4 Å². The summed E-state index contributed by atoms with van der Waals surface area (Å²) in [7, 11) is 1.34. The highest BCUT2D eigenvalue weighted by atomic mass is 19.4. The number of aromatic nitrogens is 2. The molecular weight excluding hydrogens is 529 g/mol. The Morgan fingerprint density at radius 3 is 2.41 bits per heavy atom. The van der Waals surface area contributed by atoms with E-state index in [1.807, 2.05) is 0 Å². The predicted octanol–water partition coefficient (Wildman–Crippen LogP) is 4.57. The molecule has 2 aromatic carbocycles. The number of nitrogens with zero attached hydrogens (tertiary/aromatic N) is 3. The van der Waals surface area contributed by atoms with Crippen molar-refractivity contribution >= 4 is 29.0 Å². The molecule has 0 spiro atoms. The number of hydrogen-bond donors (Lipinski definition) is 2. The highest BCUT2D eigenvalue weighted by Gasteiger charge is 2.41. The molecule has 0 bridgehead atoms. The summed E-state index contributed by atoms with van der Waals surface area (Å²) in [5.74, 6) is -3.62. The van der Waals surface area contributed by atoms with E-state index in [0.29, 0.717) is 10.6 Å². The number of carbonyl (C=O) groups excluding carboxylic acids is 2. The Bertz CT molecular complexity index is 1580. The first-order chi connectivity index (χ1) is 17.9. The summed E-state index contributed by atoms with van der Waals surface area (Å²) < 4.78 is 77.3. The average molecular weight is 553 g/mol. The highest BCUT2D eigenvalue weighted by Crippen LogP contribution is 2.39. The van der Waals surface area contributed by atoms with Crippen LogP contribution in [0.4, 0.5) is 26.7 Å². The van der Waals surface area contributed by atoms with E-state index in [-0.39, 0.29) is 23.5 Å². The van der Waals surface area contributed by atoms with Crippen molar-refractivity contribution in [3.05, 3.63) is 63.6 Å². The first kappa shape index (κ1) is 27.8. The lowest BCUT2D eigenvalue weighted by Crippen LogP contribution is -2.52. The van der Waals surface area contributed by atoms with E-state index < -0.39 is 63.4 Å². The smallest absolute Gasteiger partial charge is 0.421 e. The van der Waals surface area contributed by atoms with Crippen LogP contribution in [0.1, 0.15) is 45.2 Å². The number of amides is 2. The van der Waals surface area contributed by atoms with E-state index in [1.165, 1.54) is 26.1 Å². The molecule has 2 N–H and O–H groups in total. The molecule has 14 heteroatoms. The molecule has 0 fully saturated rings. The van der Waals surface area contributed by atoms with E-state index in [4.69, 9.17) is 4.74 Å². The average Bonchev–Trinajstić information content (AvgIpc) is 3.10. The second-order valence-corrected chi connectivity index (χ2v) is 10.2. The van der Waals surface area contributed by atoms with Gasteiger partial charge in [0.15, 0.2) is 5.82 Å². The van der Waals surface area contributed by atoms with Crippen LogP contribution in [0.15, 0.2) is 40.1 Å². The summed E-state index contributed by atoms with van der Waals surface area (Å²) in [5.41, 5.74) is -7.54. The SMILES string of the molecule is CN1C(=O)C[C@@](C)(c2cccc(-n3c(=O)[nH]c4ccc(F)c(C(F)(F)F)c43)c2F)N=C1NC(=O)OC(C)(C)C. The number of nitrogens with one attached hydrogen (secondary N) is 2. The second kappa shape index (κ2) is 9.20. The van der Waals surface area contributed by atoms with E-state index >= 15 is 4.39 Å². The van der Waals surface area contributed by atoms with Crippen molar-refractivity contribution in [1.29, 1.82) is 0 Å². The Morgan fingerprint density at radius 2 is 1.79 bits per heavy atom. The molecule has 1 atom stereocenters. The largest absolute Gasteiger partial charge is 0.444 e. The zero-order chi connectivity index (χ0) is 29.1. The quantitative estimate of drug-likeness (QED) is 0.453. The van der Waals surface area contributed by atoms with Crippen LogP contribution in [0.2, 0.25) is 0 Å². The standard InChI is InChI=1S/C25H24F5N5O4/c1-23(2,3)39-22(38)32-20-33-24(4,11-16(36)34(20)5)12-7-6-8-15(18(12)27)35-19-14(31-21(35)37)10-9-13(26)17(19)25(28,29)30/h6-10H,11H2,1-5H3,(H,31,37)(H,32,33,38)/t24-/m0/s1. The Kier molecular flexibility index (Phi) is 6.56. The summed E-state index contributed by atoms with van der Waals surface area (Å²) in [4.78, 5) is 45.4. The number of hydrogen-bond acceptors (Lipinski definition) is 5. The van der Waals surface area contributed by atoms with Crippen molar-refractivity contribution in [2.45, 2.75) is 51.4 Å². The minimum atomic E-state index is -5.20. The number of guanidine groups is 1. The predicted molar refractivity (Wildman–Crippen MR) is 130 cm³/mol. The molecule has 0 unspecified atom stereocenters. The number of imidazole rings is 1. The number of ether oxygens (including phenoxy) is 1. The maximum absolute atomic E-state index is 16.1. The van der Waals surface area contributed by atoms with Gasteiger partial charge in [0.2, 0.25) is 11.9 Å². The Labute approximate surface area is 218 Å². The minimum absolute atomic E-state index is 0.251. The first-order valence-electron chi connectivity index (χ1n) is 11.6. The monoisotopic (exact) mass is 553 g/mol. The van der Waals surface area contributed by atoms with Gasteiger partial charge in [0.05, 0.1) is 28.7 Å². The van der Waals surface area contributed by atoms with Gasteiger partial charge in [0.25, 0.3) is 0 Å². The normalized spacial score (nSPS) is 18.4. The maximum atomic E-state index is 16.1. The Morgan fingerprint density at radius 1 is 1.13 bits per heavy atom. The van der Waals surface area contributed by atoms with E-state index in [1.54, 1.807) is 20.8 Å². The summed E-state index contributed by atoms with van der Waals surface area (Å²) in [6.45, 7) is 6.25. The molecular formula is C25H24F5N5O4. The molecule has 1 aromatic heterocycles. The van der Waals surface area contributed by atoms with Crippen LogP contribution in [0, 0.1) is 11.6 Å². The topological polar surface area (TPSA) is 109 Å². The summed E-state index contributed by atoms with van der Waals surface area (Å²) in [6, 6.07) is 5.04. The van der Waals surface area contributed by atoms with Crippen LogP contribution in [-0.4, -0.2) is 45.1 Å². The van der Waals surface area contributed by atoms with Crippen molar-refractivity contribution < 1.29 is 36.3 Å². The lowest BCUT2D eigenvalue weighted by atomic mass is 9.86. The van der Waals surface area contributed by atoms with Crippen LogP contribution >= 0.6 is 0 Å². The van der Waals surface area contributed by atoms with Crippen LogP contribution in [-0.2, 0) is 21.2 Å². The van der Waals surface area contributed by atoms with E-state index in [9.17, 15) is 31.9 Å². The molecule has 3 aromatic rings. The lowest BCUT2D eigenvalue weighted by Gasteiger charge is -2.35. The Balaban J connectivity index is 1.89. The number of benzene rings is 2. The number of alkyl carbamates (subject to hydrolysis) is 1.